The Kier molecular flexibility index (Phi) is 2.40. The SMILES string of the molecule is COC(=O)C1(c2nc(-c3ccccc3)no2)CC1. The van der Waals surface area contributed by atoms with E-state index in [1.807, 2.05) is 30.3 Å². The van der Waals surface area contributed by atoms with Crippen molar-refractivity contribution >= 4 is 5.97 Å². The number of esters is 1. The average molecular weight is 244 g/mol. The van der Waals surface area contributed by atoms with Gasteiger partial charge in [0.2, 0.25) is 11.7 Å². The van der Waals surface area contributed by atoms with E-state index in [2.05, 4.69) is 10.1 Å². The van der Waals surface area contributed by atoms with Gasteiger partial charge in [-0.05, 0) is 12.8 Å². The van der Waals surface area contributed by atoms with E-state index >= 15 is 0 Å². The van der Waals surface area contributed by atoms with Crippen LogP contribution in [0.2, 0.25) is 0 Å². The lowest BCUT2D eigenvalue weighted by molar-refractivity contribution is -0.144. The summed E-state index contributed by atoms with van der Waals surface area (Å²) in [5, 5.41) is 3.92. The molecule has 5 nitrogen and oxygen atoms in total. The summed E-state index contributed by atoms with van der Waals surface area (Å²) in [4.78, 5) is 16.0. The van der Waals surface area contributed by atoms with Gasteiger partial charge >= 0.3 is 5.97 Å². The lowest BCUT2D eigenvalue weighted by atomic mass is 10.1. The number of methoxy groups -OCH3 is 1. The van der Waals surface area contributed by atoms with Crippen LogP contribution < -0.4 is 0 Å². The van der Waals surface area contributed by atoms with E-state index in [0.29, 0.717) is 24.6 Å². The quantitative estimate of drug-likeness (QED) is 0.772. The van der Waals surface area contributed by atoms with Gasteiger partial charge in [-0.25, -0.2) is 0 Å². The molecule has 0 N–H and O–H groups in total. The molecule has 0 spiro atoms. The first-order valence-corrected chi connectivity index (χ1v) is 5.74. The second-order valence-electron chi connectivity index (χ2n) is 4.36. The van der Waals surface area contributed by atoms with Gasteiger partial charge in [0.25, 0.3) is 0 Å². The van der Waals surface area contributed by atoms with Crippen molar-refractivity contribution in [2.24, 2.45) is 0 Å². The normalized spacial score (nSPS) is 16.3. The largest absolute Gasteiger partial charge is 0.468 e. The minimum absolute atomic E-state index is 0.300. The Hall–Kier alpha value is -2.17. The maximum absolute atomic E-state index is 11.7. The lowest BCUT2D eigenvalue weighted by Crippen LogP contribution is -2.22. The second kappa shape index (κ2) is 3.94. The summed E-state index contributed by atoms with van der Waals surface area (Å²) in [6.07, 6.45) is 1.41. The van der Waals surface area contributed by atoms with Gasteiger partial charge in [0.15, 0.2) is 0 Å². The van der Waals surface area contributed by atoms with Gasteiger partial charge in [-0.1, -0.05) is 35.5 Å². The molecule has 18 heavy (non-hydrogen) atoms. The van der Waals surface area contributed by atoms with Crippen molar-refractivity contribution in [3.63, 3.8) is 0 Å². The number of nitrogens with zero attached hydrogens (tertiary/aromatic N) is 2. The van der Waals surface area contributed by atoms with E-state index in [9.17, 15) is 4.79 Å². The minimum Gasteiger partial charge on any atom is -0.468 e. The minimum atomic E-state index is -0.700. The third-order valence-corrected chi connectivity index (χ3v) is 3.19. The Morgan fingerprint density at radius 2 is 2.06 bits per heavy atom. The van der Waals surface area contributed by atoms with Gasteiger partial charge in [-0.3, -0.25) is 4.79 Å². The van der Waals surface area contributed by atoms with Crippen LogP contribution in [-0.4, -0.2) is 23.2 Å². The van der Waals surface area contributed by atoms with E-state index in [1.54, 1.807) is 0 Å². The third-order valence-electron chi connectivity index (χ3n) is 3.19. The third kappa shape index (κ3) is 1.59. The predicted molar refractivity (Wildman–Crippen MR) is 62.7 cm³/mol. The zero-order chi connectivity index (χ0) is 12.6. The van der Waals surface area contributed by atoms with Crippen LogP contribution >= 0.6 is 0 Å². The summed E-state index contributed by atoms with van der Waals surface area (Å²) >= 11 is 0. The molecule has 0 amide bonds. The molecule has 0 saturated heterocycles. The summed E-state index contributed by atoms with van der Waals surface area (Å²) in [5.74, 6) is 0.555. The Labute approximate surface area is 104 Å². The molecule has 0 radical (unpaired) electrons. The van der Waals surface area contributed by atoms with E-state index in [0.717, 1.165) is 5.56 Å². The van der Waals surface area contributed by atoms with E-state index < -0.39 is 5.41 Å². The summed E-state index contributed by atoms with van der Waals surface area (Å²) < 4.78 is 9.99. The fraction of sp³-hybridized carbons (Fsp3) is 0.308. The first-order chi connectivity index (χ1) is 8.76. The van der Waals surface area contributed by atoms with Gasteiger partial charge < -0.3 is 9.26 Å². The number of carbonyl (C=O) groups is 1. The molecule has 1 fully saturated rings. The standard InChI is InChI=1S/C13H12N2O3/c1-17-12(16)13(7-8-13)11-14-10(15-18-11)9-5-3-2-4-6-9/h2-6H,7-8H2,1H3. The van der Waals surface area contributed by atoms with Crippen LogP contribution in [0.3, 0.4) is 0 Å². The number of ether oxygens (including phenoxy) is 1. The molecule has 1 heterocycles. The Balaban J connectivity index is 1.94. The highest BCUT2D eigenvalue weighted by Gasteiger charge is 2.57. The molecule has 0 atom stereocenters. The van der Waals surface area contributed by atoms with Crippen molar-refractivity contribution in [1.82, 2.24) is 10.1 Å². The molecule has 1 aromatic heterocycles. The number of benzene rings is 1. The Morgan fingerprint density at radius 1 is 1.33 bits per heavy atom. The van der Waals surface area contributed by atoms with Crippen LogP contribution in [0.15, 0.2) is 34.9 Å². The lowest BCUT2D eigenvalue weighted by Gasteiger charge is -2.05. The predicted octanol–water partition coefficient (Wildman–Crippen LogP) is 1.94. The zero-order valence-corrected chi connectivity index (χ0v) is 9.92. The molecule has 0 bridgehead atoms. The first kappa shape index (κ1) is 11.0. The number of hydrogen-bond donors (Lipinski definition) is 0. The van der Waals surface area contributed by atoms with Gasteiger partial charge in [0, 0.05) is 5.56 Å². The van der Waals surface area contributed by atoms with Gasteiger partial charge in [0.05, 0.1) is 7.11 Å². The number of rotatable bonds is 3. The van der Waals surface area contributed by atoms with Crippen molar-refractivity contribution in [3.05, 3.63) is 36.2 Å². The van der Waals surface area contributed by atoms with Gasteiger partial charge in [0.1, 0.15) is 5.41 Å². The van der Waals surface area contributed by atoms with Crippen LogP contribution in [0.5, 0.6) is 0 Å². The molecule has 1 aliphatic carbocycles. The summed E-state index contributed by atoms with van der Waals surface area (Å²) in [6, 6.07) is 9.51. The molecule has 1 saturated carbocycles. The van der Waals surface area contributed by atoms with Crippen LogP contribution in [0, 0.1) is 0 Å². The molecule has 2 aromatic rings. The molecule has 1 aromatic carbocycles. The van der Waals surface area contributed by atoms with Gasteiger partial charge in [-0.15, -0.1) is 0 Å². The highest BCUT2D eigenvalue weighted by atomic mass is 16.5. The van der Waals surface area contributed by atoms with Crippen LogP contribution in [0.1, 0.15) is 18.7 Å². The monoisotopic (exact) mass is 244 g/mol. The molecular weight excluding hydrogens is 232 g/mol. The van der Waals surface area contributed by atoms with Crippen molar-refractivity contribution in [2.45, 2.75) is 18.3 Å². The smallest absolute Gasteiger partial charge is 0.321 e. The fourth-order valence-electron chi connectivity index (χ4n) is 1.95. The van der Waals surface area contributed by atoms with Crippen LogP contribution in [0.4, 0.5) is 0 Å². The summed E-state index contributed by atoms with van der Waals surface area (Å²) in [7, 11) is 1.37. The maximum Gasteiger partial charge on any atom is 0.321 e. The van der Waals surface area contributed by atoms with Crippen molar-refractivity contribution in [1.29, 1.82) is 0 Å². The van der Waals surface area contributed by atoms with E-state index in [-0.39, 0.29) is 5.97 Å². The van der Waals surface area contributed by atoms with Crippen molar-refractivity contribution in [3.8, 4) is 11.4 Å². The van der Waals surface area contributed by atoms with E-state index in [1.165, 1.54) is 7.11 Å². The first-order valence-electron chi connectivity index (χ1n) is 5.74. The second-order valence-corrected chi connectivity index (χ2v) is 4.36. The highest BCUT2D eigenvalue weighted by Crippen LogP contribution is 2.48. The number of aromatic nitrogens is 2. The zero-order valence-electron chi connectivity index (χ0n) is 9.92. The van der Waals surface area contributed by atoms with Crippen LogP contribution in [0.25, 0.3) is 11.4 Å². The molecule has 92 valence electrons. The van der Waals surface area contributed by atoms with Crippen molar-refractivity contribution < 1.29 is 14.1 Å². The van der Waals surface area contributed by atoms with Crippen LogP contribution in [-0.2, 0) is 14.9 Å². The number of carbonyl (C=O) groups excluding carboxylic acids is 1. The molecule has 0 unspecified atom stereocenters. The number of hydrogen-bond acceptors (Lipinski definition) is 5. The molecule has 5 heteroatoms. The van der Waals surface area contributed by atoms with Gasteiger partial charge in [-0.2, -0.15) is 4.98 Å². The highest BCUT2D eigenvalue weighted by molar-refractivity contribution is 5.85. The van der Waals surface area contributed by atoms with E-state index in [4.69, 9.17) is 9.26 Å². The molecular formula is C13H12N2O3. The fourth-order valence-corrected chi connectivity index (χ4v) is 1.95. The average Bonchev–Trinajstić information content (AvgIpc) is 3.09. The maximum atomic E-state index is 11.7. The Bertz CT molecular complexity index is 573. The summed E-state index contributed by atoms with van der Waals surface area (Å²) in [5.41, 5.74) is 0.169. The summed E-state index contributed by atoms with van der Waals surface area (Å²) in [6.45, 7) is 0. The molecule has 3 rings (SSSR count). The van der Waals surface area contributed by atoms with Crippen molar-refractivity contribution in [2.75, 3.05) is 7.11 Å². The molecule has 1 aliphatic rings. The topological polar surface area (TPSA) is 65.2 Å². The Morgan fingerprint density at radius 3 is 2.67 bits per heavy atom. The molecule has 0 aliphatic heterocycles.